The Labute approximate surface area is 142 Å². The molecule has 1 saturated heterocycles. The van der Waals surface area contributed by atoms with Gasteiger partial charge in [-0.3, -0.25) is 9.47 Å². The Kier molecular flexibility index (Phi) is 4.46. The van der Waals surface area contributed by atoms with Crippen LogP contribution in [0, 0.1) is 0 Å². The molecule has 2 heterocycles. The molecule has 1 N–H and O–H groups in total. The van der Waals surface area contributed by atoms with E-state index in [4.69, 9.17) is 4.74 Å². The van der Waals surface area contributed by atoms with Gasteiger partial charge in [0.25, 0.3) is 0 Å². The van der Waals surface area contributed by atoms with E-state index in [9.17, 15) is 4.79 Å². The Morgan fingerprint density at radius 3 is 2.62 bits per heavy atom. The highest BCUT2D eigenvalue weighted by Crippen LogP contribution is 2.31. The van der Waals surface area contributed by atoms with Gasteiger partial charge in [0.15, 0.2) is 0 Å². The molecule has 1 aliphatic carbocycles. The molecule has 1 aromatic heterocycles. The first-order valence-corrected chi connectivity index (χ1v) is 9.24. The van der Waals surface area contributed by atoms with Crippen LogP contribution in [0.25, 0.3) is 11.0 Å². The number of rotatable bonds is 3. The van der Waals surface area contributed by atoms with Gasteiger partial charge in [0, 0.05) is 32.3 Å². The summed E-state index contributed by atoms with van der Waals surface area (Å²) in [7, 11) is 1.85. The van der Waals surface area contributed by atoms with Crippen molar-refractivity contribution in [1.29, 1.82) is 0 Å². The number of nitrogens with zero attached hydrogens (tertiary/aromatic N) is 2. The number of aromatic nitrogens is 2. The second kappa shape index (κ2) is 6.73. The minimum atomic E-state index is 0.0297. The number of ether oxygens (including phenoxy) is 1. The summed E-state index contributed by atoms with van der Waals surface area (Å²) in [5, 5.41) is 0. The first-order valence-electron chi connectivity index (χ1n) is 9.24. The Bertz CT molecular complexity index is 742. The highest BCUT2D eigenvalue weighted by Gasteiger charge is 2.33. The van der Waals surface area contributed by atoms with Crippen LogP contribution in [-0.2, 0) is 4.74 Å². The molecule has 2 atom stereocenters. The van der Waals surface area contributed by atoms with Crippen LogP contribution in [0.15, 0.2) is 29.1 Å². The fourth-order valence-electron chi connectivity index (χ4n) is 4.68. The van der Waals surface area contributed by atoms with Crippen LogP contribution >= 0.6 is 0 Å². The van der Waals surface area contributed by atoms with Crippen molar-refractivity contribution in [3.8, 4) is 0 Å². The monoisotopic (exact) mass is 329 g/mol. The number of likely N-dealkylation sites (tertiary alicyclic amines) is 1. The molecule has 2 unspecified atom stereocenters. The lowest BCUT2D eigenvalue weighted by atomic mass is 9.89. The van der Waals surface area contributed by atoms with Gasteiger partial charge in [-0.05, 0) is 37.8 Å². The van der Waals surface area contributed by atoms with Gasteiger partial charge in [0.2, 0.25) is 0 Å². The summed E-state index contributed by atoms with van der Waals surface area (Å²) >= 11 is 0. The average Bonchev–Trinajstić information content (AvgIpc) is 2.97. The Hall–Kier alpha value is -1.59. The van der Waals surface area contributed by atoms with Gasteiger partial charge in [0.05, 0.1) is 17.1 Å². The molecule has 130 valence electrons. The predicted octanol–water partition coefficient (Wildman–Crippen LogP) is 2.92. The van der Waals surface area contributed by atoms with Crippen LogP contribution in [0.3, 0.4) is 0 Å². The SMILES string of the molecule is COC1CCCCC1N1CCC(n2c(=O)[nH]c3ccccc32)CC1. The summed E-state index contributed by atoms with van der Waals surface area (Å²) < 4.78 is 7.70. The lowest BCUT2D eigenvalue weighted by molar-refractivity contribution is -0.0213. The van der Waals surface area contributed by atoms with Gasteiger partial charge in [0.1, 0.15) is 0 Å². The van der Waals surface area contributed by atoms with Crippen molar-refractivity contribution in [2.75, 3.05) is 20.2 Å². The molecule has 2 aromatic rings. The van der Waals surface area contributed by atoms with Crippen LogP contribution in [0.5, 0.6) is 0 Å². The molecule has 2 fully saturated rings. The number of hydrogen-bond donors (Lipinski definition) is 1. The van der Waals surface area contributed by atoms with Crippen LogP contribution in [0.4, 0.5) is 0 Å². The van der Waals surface area contributed by atoms with Gasteiger partial charge >= 0.3 is 5.69 Å². The van der Waals surface area contributed by atoms with E-state index in [1.54, 1.807) is 0 Å². The number of H-pyrrole nitrogens is 1. The van der Waals surface area contributed by atoms with E-state index in [2.05, 4.69) is 9.88 Å². The van der Waals surface area contributed by atoms with E-state index in [0.29, 0.717) is 18.2 Å². The number of piperidine rings is 1. The third-order valence-electron chi connectivity index (χ3n) is 5.93. The Morgan fingerprint density at radius 1 is 1.08 bits per heavy atom. The topological polar surface area (TPSA) is 50.3 Å². The van der Waals surface area contributed by atoms with E-state index >= 15 is 0 Å². The molecule has 0 radical (unpaired) electrons. The fourth-order valence-corrected chi connectivity index (χ4v) is 4.68. The normalized spacial score (nSPS) is 26.9. The van der Waals surface area contributed by atoms with Gasteiger partial charge in [-0.1, -0.05) is 25.0 Å². The summed E-state index contributed by atoms with van der Waals surface area (Å²) in [4.78, 5) is 18.0. The van der Waals surface area contributed by atoms with Gasteiger partial charge in [-0.15, -0.1) is 0 Å². The van der Waals surface area contributed by atoms with Crippen molar-refractivity contribution in [2.45, 2.75) is 56.7 Å². The van der Waals surface area contributed by atoms with E-state index < -0.39 is 0 Å². The summed E-state index contributed by atoms with van der Waals surface area (Å²) in [6.45, 7) is 2.11. The third kappa shape index (κ3) is 2.80. The maximum Gasteiger partial charge on any atom is 0.326 e. The standard InChI is InChI=1S/C19H27N3O2/c1-24-18-9-5-4-8-17(18)21-12-10-14(11-13-21)22-16-7-3-2-6-15(16)20-19(22)23/h2-3,6-7,14,17-18H,4-5,8-13H2,1H3,(H,20,23). The van der Waals surface area contributed by atoms with Crippen LogP contribution < -0.4 is 5.69 Å². The summed E-state index contributed by atoms with van der Waals surface area (Å²) in [6, 6.07) is 8.86. The number of imidazole rings is 1. The zero-order valence-corrected chi connectivity index (χ0v) is 14.4. The molecule has 2 aliphatic rings. The first kappa shape index (κ1) is 15.9. The Balaban J connectivity index is 1.49. The zero-order chi connectivity index (χ0) is 16.5. The molecule has 24 heavy (non-hydrogen) atoms. The number of nitrogens with one attached hydrogen (secondary N) is 1. The van der Waals surface area contributed by atoms with Crippen molar-refractivity contribution >= 4 is 11.0 Å². The summed E-state index contributed by atoms with van der Waals surface area (Å²) in [6.07, 6.45) is 7.48. The smallest absolute Gasteiger partial charge is 0.326 e. The highest BCUT2D eigenvalue weighted by atomic mass is 16.5. The molecule has 4 rings (SSSR count). The largest absolute Gasteiger partial charge is 0.380 e. The van der Waals surface area contributed by atoms with Crippen molar-refractivity contribution in [3.63, 3.8) is 0 Å². The molecule has 1 aliphatic heterocycles. The third-order valence-corrected chi connectivity index (χ3v) is 5.93. The first-order chi connectivity index (χ1) is 11.8. The summed E-state index contributed by atoms with van der Waals surface area (Å²) in [5.74, 6) is 0. The predicted molar refractivity (Wildman–Crippen MR) is 95.5 cm³/mol. The molecule has 1 saturated carbocycles. The second-order valence-corrected chi connectivity index (χ2v) is 7.21. The molecular formula is C19H27N3O2. The van der Waals surface area contributed by atoms with Crippen LogP contribution in [0.2, 0.25) is 0 Å². The molecule has 0 spiro atoms. The number of hydrogen-bond acceptors (Lipinski definition) is 3. The second-order valence-electron chi connectivity index (χ2n) is 7.21. The lowest BCUT2D eigenvalue weighted by Gasteiger charge is -2.42. The van der Waals surface area contributed by atoms with E-state index in [-0.39, 0.29) is 5.69 Å². The number of para-hydroxylation sites is 2. The van der Waals surface area contributed by atoms with E-state index in [1.165, 1.54) is 25.7 Å². The van der Waals surface area contributed by atoms with E-state index in [0.717, 1.165) is 37.0 Å². The van der Waals surface area contributed by atoms with Crippen molar-refractivity contribution in [3.05, 3.63) is 34.7 Å². The Morgan fingerprint density at radius 2 is 1.83 bits per heavy atom. The lowest BCUT2D eigenvalue weighted by Crippen LogP contribution is -2.50. The van der Waals surface area contributed by atoms with Crippen LogP contribution in [-0.4, -0.2) is 46.8 Å². The van der Waals surface area contributed by atoms with E-state index in [1.807, 2.05) is 35.9 Å². The molecule has 5 heteroatoms. The molecular weight excluding hydrogens is 302 g/mol. The van der Waals surface area contributed by atoms with Gasteiger partial charge in [-0.2, -0.15) is 0 Å². The molecule has 1 aromatic carbocycles. The van der Waals surface area contributed by atoms with Crippen LogP contribution in [0.1, 0.15) is 44.6 Å². The van der Waals surface area contributed by atoms with Crippen molar-refractivity contribution < 1.29 is 4.74 Å². The molecule has 5 nitrogen and oxygen atoms in total. The molecule has 0 amide bonds. The quantitative estimate of drug-likeness (QED) is 0.942. The number of benzene rings is 1. The van der Waals surface area contributed by atoms with Gasteiger partial charge < -0.3 is 9.72 Å². The molecule has 0 bridgehead atoms. The maximum absolute atomic E-state index is 12.4. The minimum Gasteiger partial charge on any atom is -0.380 e. The van der Waals surface area contributed by atoms with Crippen molar-refractivity contribution in [2.24, 2.45) is 0 Å². The highest BCUT2D eigenvalue weighted by molar-refractivity contribution is 5.75. The van der Waals surface area contributed by atoms with Gasteiger partial charge in [-0.25, -0.2) is 4.79 Å². The number of aromatic amines is 1. The summed E-state index contributed by atoms with van der Waals surface area (Å²) in [5.41, 5.74) is 2.01. The number of methoxy groups -OCH3 is 1. The number of fused-ring (bicyclic) bond motifs is 1. The average molecular weight is 329 g/mol. The minimum absolute atomic E-state index is 0.0297. The fraction of sp³-hybridized carbons (Fsp3) is 0.632. The maximum atomic E-state index is 12.4. The van der Waals surface area contributed by atoms with Crippen molar-refractivity contribution in [1.82, 2.24) is 14.5 Å². The zero-order valence-electron chi connectivity index (χ0n) is 14.4.